The second-order valence-electron chi connectivity index (χ2n) is 4.53. The maximum absolute atomic E-state index is 12.1. The van der Waals surface area contributed by atoms with E-state index in [1.807, 2.05) is 6.92 Å². The molecular formula is C14H13N3O2. The minimum absolute atomic E-state index is 0.0519. The van der Waals surface area contributed by atoms with Crippen molar-refractivity contribution in [1.82, 2.24) is 9.55 Å². The fourth-order valence-electron chi connectivity index (χ4n) is 2.17. The molecule has 2 aromatic carbocycles. The Morgan fingerprint density at radius 2 is 2.00 bits per heavy atom. The number of hydrogen-bond acceptors (Lipinski definition) is 3. The lowest BCUT2D eigenvalue weighted by atomic mass is 10.2. The molecule has 19 heavy (non-hydrogen) atoms. The molecule has 1 heterocycles. The minimum atomic E-state index is -0.304. The van der Waals surface area contributed by atoms with Gasteiger partial charge < -0.3 is 15.8 Å². The highest BCUT2D eigenvalue weighted by Gasteiger charge is 2.12. The number of phenolic OH excluding ortho intramolecular Hbond substituents is 1. The van der Waals surface area contributed by atoms with E-state index in [2.05, 4.69) is 4.98 Å². The normalized spacial score (nSPS) is 11.0. The highest BCUT2D eigenvalue weighted by molar-refractivity contribution is 5.81. The number of aryl methyl sites for hydroxylation is 1. The molecule has 0 unspecified atom stereocenters. The van der Waals surface area contributed by atoms with Gasteiger partial charge in [0.2, 0.25) is 0 Å². The molecule has 1 aromatic heterocycles. The Bertz CT molecular complexity index is 830. The average molecular weight is 255 g/mol. The van der Waals surface area contributed by atoms with Crippen molar-refractivity contribution in [1.29, 1.82) is 0 Å². The number of nitrogens with two attached hydrogens (primary N) is 1. The zero-order chi connectivity index (χ0) is 13.6. The molecule has 0 aliphatic heterocycles. The molecule has 0 atom stereocenters. The van der Waals surface area contributed by atoms with E-state index >= 15 is 0 Å². The van der Waals surface area contributed by atoms with Gasteiger partial charge in [-0.25, -0.2) is 4.79 Å². The number of benzene rings is 2. The lowest BCUT2D eigenvalue weighted by Gasteiger charge is -2.07. The van der Waals surface area contributed by atoms with Crippen LogP contribution in [0.1, 0.15) is 5.56 Å². The first-order chi connectivity index (χ1) is 9.06. The number of nitrogens with one attached hydrogen (secondary N) is 1. The fourth-order valence-corrected chi connectivity index (χ4v) is 2.17. The van der Waals surface area contributed by atoms with Gasteiger partial charge in [-0.1, -0.05) is 6.07 Å². The summed E-state index contributed by atoms with van der Waals surface area (Å²) in [5.41, 5.74) is 8.74. The maximum atomic E-state index is 12.1. The van der Waals surface area contributed by atoms with Gasteiger partial charge >= 0.3 is 5.69 Å². The third kappa shape index (κ3) is 1.76. The van der Waals surface area contributed by atoms with Gasteiger partial charge in [0.15, 0.2) is 0 Å². The molecule has 0 aliphatic rings. The first-order valence-corrected chi connectivity index (χ1v) is 5.86. The number of imidazole rings is 1. The van der Waals surface area contributed by atoms with Gasteiger partial charge in [0.1, 0.15) is 5.75 Å². The molecule has 0 amide bonds. The zero-order valence-electron chi connectivity index (χ0n) is 10.3. The van der Waals surface area contributed by atoms with Crippen molar-refractivity contribution in [3.8, 4) is 11.4 Å². The molecule has 0 saturated heterocycles. The molecule has 3 rings (SSSR count). The minimum Gasteiger partial charge on any atom is -0.506 e. The monoisotopic (exact) mass is 255 g/mol. The van der Waals surface area contributed by atoms with Gasteiger partial charge in [0.05, 0.1) is 16.7 Å². The summed E-state index contributed by atoms with van der Waals surface area (Å²) in [5, 5.41) is 9.96. The van der Waals surface area contributed by atoms with E-state index in [0.29, 0.717) is 22.4 Å². The fraction of sp³-hybridized carbons (Fsp3) is 0.0714. The van der Waals surface area contributed by atoms with E-state index in [1.54, 1.807) is 36.4 Å². The Balaban J connectivity index is 2.42. The van der Waals surface area contributed by atoms with Gasteiger partial charge in [-0.2, -0.15) is 0 Å². The molecule has 0 aliphatic carbocycles. The van der Waals surface area contributed by atoms with Crippen molar-refractivity contribution in [2.45, 2.75) is 6.92 Å². The number of phenols is 1. The summed E-state index contributed by atoms with van der Waals surface area (Å²) in [5.74, 6) is 0.0519. The summed E-state index contributed by atoms with van der Waals surface area (Å²) in [7, 11) is 0. The Morgan fingerprint density at radius 3 is 2.79 bits per heavy atom. The molecular weight excluding hydrogens is 242 g/mol. The smallest absolute Gasteiger partial charge is 0.331 e. The van der Waals surface area contributed by atoms with Crippen molar-refractivity contribution in [2.24, 2.45) is 0 Å². The van der Waals surface area contributed by atoms with E-state index < -0.39 is 0 Å². The largest absolute Gasteiger partial charge is 0.506 e. The molecule has 0 radical (unpaired) electrons. The van der Waals surface area contributed by atoms with Crippen LogP contribution in [0.4, 0.5) is 5.69 Å². The predicted octanol–water partition coefficient (Wildman–Crippen LogP) is 1.92. The van der Waals surface area contributed by atoms with Crippen LogP contribution in [-0.2, 0) is 0 Å². The van der Waals surface area contributed by atoms with Gasteiger partial charge in [-0.05, 0) is 42.8 Å². The topological polar surface area (TPSA) is 84.0 Å². The predicted molar refractivity (Wildman–Crippen MR) is 74.7 cm³/mol. The lowest BCUT2D eigenvalue weighted by Crippen LogP contribution is -2.14. The van der Waals surface area contributed by atoms with Crippen LogP contribution in [0.2, 0.25) is 0 Å². The van der Waals surface area contributed by atoms with E-state index in [1.165, 1.54) is 4.57 Å². The van der Waals surface area contributed by atoms with Crippen LogP contribution in [0, 0.1) is 6.92 Å². The van der Waals surface area contributed by atoms with E-state index in [0.717, 1.165) is 5.56 Å². The van der Waals surface area contributed by atoms with Crippen LogP contribution in [0.25, 0.3) is 16.7 Å². The number of aromatic amines is 1. The zero-order valence-corrected chi connectivity index (χ0v) is 10.3. The highest BCUT2D eigenvalue weighted by Crippen LogP contribution is 2.25. The number of nitrogens with zero attached hydrogens (tertiary/aromatic N) is 1. The van der Waals surface area contributed by atoms with Gasteiger partial charge in [-0.3, -0.25) is 4.57 Å². The first kappa shape index (κ1) is 11.4. The van der Waals surface area contributed by atoms with Gasteiger partial charge in [0, 0.05) is 5.69 Å². The second-order valence-corrected chi connectivity index (χ2v) is 4.53. The SMILES string of the molecule is Cc1ccc(O)c(-n2c(=O)[nH]c3ccc(N)cc32)c1. The van der Waals surface area contributed by atoms with Gasteiger partial charge in [-0.15, -0.1) is 0 Å². The van der Waals surface area contributed by atoms with Crippen LogP contribution in [-0.4, -0.2) is 14.7 Å². The van der Waals surface area contributed by atoms with Crippen molar-refractivity contribution < 1.29 is 5.11 Å². The summed E-state index contributed by atoms with van der Waals surface area (Å²) < 4.78 is 1.42. The molecule has 0 saturated carbocycles. The Morgan fingerprint density at radius 1 is 1.21 bits per heavy atom. The number of anilines is 1. The second kappa shape index (κ2) is 3.91. The van der Waals surface area contributed by atoms with Crippen molar-refractivity contribution >= 4 is 16.7 Å². The Hall–Kier alpha value is -2.69. The number of nitrogen functional groups attached to an aromatic ring is 1. The first-order valence-electron chi connectivity index (χ1n) is 5.86. The van der Waals surface area contributed by atoms with E-state index in [4.69, 9.17) is 5.73 Å². The van der Waals surface area contributed by atoms with Crippen LogP contribution >= 0.6 is 0 Å². The molecule has 0 fully saturated rings. The molecule has 4 N–H and O–H groups in total. The molecule has 0 bridgehead atoms. The number of hydrogen-bond donors (Lipinski definition) is 3. The maximum Gasteiger partial charge on any atom is 0.331 e. The standard InChI is InChI=1S/C14H13N3O2/c1-8-2-5-13(18)12(6-8)17-11-7-9(15)3-4-10(11)16-14(17)19/h2-7,18H,15H2,1H3,(H,16,19). The summed E-state index contributed by atoms with van der Waals surface area (Å²) in [6.07, 6.45) is 0. The van der Waals surface area contributed by atoms with Crippen LogP contribution in [0.5, 0.6) is 5.75 Å². The summed E-state index contributed by atoms with van der Waals surface area (Å²) >= 11 is 0. The van der Waals surface area contributed by atoms with E-state index in [9.17, 15) is 9.90 Å². The van der Waals surface area contributed by atoms with Crippen LogP contribution in [0.15, 0.2) is 41.2 Å². The summed E-state index contributed by atoms with van der Waals surface area (Å²) in [4.78, 5) is 14.8. The van der Waals surface area contributed by atoms with Crippen molar-refractivity contribution in [3.05, 3.63) is 52.4 Å². The average Bonchev–Trinajstić information content (AvgIpc) is 2.68. The molecule has 5 nitrogen and oxygen atoms in total. The molecule has 5 heteroatoms. The number of rotatable bonds is 1. The van der Waals surface area contributed by atoms with Crippen molar-refractivity contribution in [3.63, 3.8) is 0 Å². The molecule has 0 spiro atoms. The summed E-state index contributed by atoms with van der Waals surface area (Å²) in [6.45, 7) is 1.90. The van der Waals surface area contributed by atoms with Crippen LogP contribution < -0.4 is 11.4 Å². The number of aromatic nitrogens is 2. The summed E-state index contributed by atoms with van der Waals surface area (Å²) in [6, 6.07) is 10.3. The van der Waals surface area contributed by atoms with E-state index in [-0.39, 0.29) is 11.4 Å². The third-order valence-corrected chi connectivity index (χ3v) is 3.08. The lowest BCUT2D eigenvalue weighted by molar-refractivity contribution is 0.472. The Labute approximate surface area is 108 Å². The number of H-pyrrole nitrogens is 1. The number of aromatic hydroxyl groups is 1. The molecule has 96 valence electrons. The van der Waals surface area contributed by atoms with Gasteiger partial charge in [0.25, 0.3) is 0 Å². The highest BCUT2D eigenvalue weighted by atomic mass is 16.3. The van der Waals surface area contributed by atoms with Crippen LogP contribution in [0.3, 0.4) is 0 Å². The number of fused-ring (bicyclic) bond motifs is 1. The quantitative estimate of drug-likeness (QED) is 0.581. The molecule has 3 aromatic rings. The third-order valence-electron chi connectivity index (χ3n) is 3.08. The Kier molecular flexibility index (Phi) is 2.35. The van der Waals surface area contributed by atoms with Crippen molar-refractivity contribution in [2.75, 3.05) is 5.73 Å².